The summed E-state index contributed by atoms with van der Waals surface area (Å²) in [6.07, 6.45) is -1.87. The molecule has 1 aromatic carbocycles. The SMILES string of the molecule is Cc1cc(C#N)cc([S+](C)[O-])c1NC(=O)c1cc(OCC(F)(F)F)nn1-c1ncccc1Cl. The zero-order valence-corrected chi connectivity index (χ0v) is 18.7. The molecule has 3 rings (SSSR count). The van der Waals surface area contributed by atoms with Crippen molar-refractivity contribution in [2.45, 2.75) is 18.0 Å². The van der Waals surface area contributed by atoms with Crippen molar-refractivity contribution < 1.29 is 27.3 Å². The van der Waals surface area contributed by atoms with Gasteiger partial charge in [0.1, 0.15) is 11.9 Å². The molecule has 33 heavy (non-hydrogen) atoms. The van der Waals surface area contributed by atoms with E-state index >= 15 is 0 Å². The maximum Gasteiger partial charge on any atom is 0.422 e. The first-order valence-electron chi connectivity index (χ1n) is 9.10. The van der Waals surface area contributed by atoms with Crippen LogP contribution in [0.15, 0.2) is 41.4 Å². The van der Waals surface area contributed by atoms with Crippen LogP contribution in [0.4, 0.5) is 18.9 Å². The molecule has 0 aliphatic carbocycles. The van der Waals surface area contributed by atoms with Gasteiger partial charge < -0.3 is 14.6 Å². The van der Waals surface area contributed by atoms with Crippen molar-refractivity contribution in [3.05, 3.63) is 58.4 Å². The first kappa shape index (κ1) is 24.4. The van der Waals surface area contributed by atoms with Crippen LogP contribution < -0.4 is 10.1 Å². The van der Waals surface area contributed by atoms with E-state index in [-0.39, 0.29) is 32.7 Å². The number of nitrogens with one attached hydrogen (secondary N) is 1. The summed E-state index contributed by atoms with van der Waals surface area (Å²) >= 11 is 4.57. The highest BCUT2D eigenvalue weighted by Gasteiger charge is 2.30. The lowest BCUT2D eigenvalue weighted by atomic mass is 10.1. The number of nitrogens with zero attached hydrogens (tertiary/aromatic N) is 4. The lowest BCUT2D eigenvalue weighted by molar-refractivity contribution is -0.154. The Hall–Kier alpha value is -3.27. The fourth-order valence-electron chi connectivity index (χ4n) is 2.83. The van der Waals surface area contributed by atoms with E-state index in [1.54, 1.807) is 6.92 Å². The van der Waals surface area contributed by atoms with Gasteiger partial charge in [0.2, 0.25) is 5.88 Å². The molecule has 0 radical (unpaired) electrons. The minimum atomic E-state index is -4.62. The molecule has 0 spiro atoms. The molecule has 3 aromatic rings. The highest BCUT2D eigenvalue weighted by Crippen LogP contribution is 2.29. The summed E-state index contributed by atoms with van der Waals surface area (Å²) in [5.41, 5.74) is 0.675. The van der Waals surface area contributed by atoms with Gasteiger partial charge in [0.25, 0.3) is 5.91 Å². The topological polar surface area (TPSA) is 116 Å². The summed E-state index contributed by atoms with van der Waals surface area (Å²) in [5, 5.41) is 15.7. The molecule has 0 aliphatic heterocycles. The van der Waals surface area contributed by atoms with Crippen molar-refractivity contribution in [2.75, 3.05) is 18.2 Å². The number of carbonyl (C=O) groups is 1. The molecule has 2 aromatic heterocycles. The van der Waals surface area contributed by atoms with Gasteiger partial charge in [-0.25, -0.2) is 9.67 Å². The van der Waals surface area contributed by atoms with Gasteiger partial charge in [-0.2, -0.15) is 18.4 Å². The number of carbonyl (C=O) groups excluding carboxylic acids is 1. The number of pyridine rings is 1. The van der Waals surface area contributed by atoms with E-state index in [0.717, 1.165) is 10.7 Å². The Morgan fingerprint density at radius 2 is 2.12 bits per heavy atom. The van der Waals surface area contributed by atoms with Crippen LogP contribution >= 0.6 is 11.6 Å². The number of anilines is 1. The van der Waals surface area contributed by atoms with E-state index in [2.05, 4.69) is 20.1 Å². The van der Waals surface area contributed by atoms with Gasteiger partial charge in [-0.1, -0.05) is 11.6 Å². The molecule has 8 nitrogen and oxygen atoms in total. The molecule has 1 N–H and O–H groups in total. The molecular formula is C20H15ClF3N5O3S. The highest BCUT2D eigenvalue weighted by molar-refractivity contribution is 7.90. The monoisotopic (exact) mass is 497 g/mol. The van der Waals surface area contributed by atoms with E-state index in [1.807, 2.05) is 6.07 Å². The molecule has 1 atom stereocenters. The second kappa shape index (κ2) is 9.70. The second-order valence-corrected chi connectivity index (χ2v) is 8.43. The number of alkyl halides is 3. The zero-order chi connectivity index (χ0) is 24.3. The van der Waals surface area contributed by atoms with Crippen LogP contribution in [0, 0.1) is 18.3 Å². The number of rotatable bonds is 6. The van der Waals surface area contributed by atoms with Gasteiger partial charge in [0.05, 0.1) is 22.3 Å². The molecule has 0 aliphatic rings. The van der Waals surface area contributed by atoms with E-state index in [0.29, 0.717) is 5.56 Å². The molecular weight excluding hydrogens is 483 g/mol. The van der Waals surface area contributed by atoms with Gasteiger partial charge in [-0.15, -0.1) is 5.10 Å². The van der Waals surface area contributed by atoms with E-state index in [4.69, 9.17) is 16.9 Å². The number of aryl methyl sites for hydroxylation is 1. The minimum absolute atomic E-state index is 0.0120. The smallest absolute Gasteiger partial charge is 0.422 e. The molecule has 0 saturated heterocycles. The molecule has 2 heterocycles. The Kier molecular flexibility index (Phi) is 7.16. The van der Waals surface area contributed by atoms with E-state index in [9.17, 15) is 22.5 Å². The largest absolute Gasteiger partial charge is 0.612 e. The predicted molar refractivity (Wildman–Crippen MR) is 114 cm³/mol. The lowest BCUT2D eigenvalue weighted by Gasteiger charge is -2.15. The summed E-state index contributed by atoms with van der Waals surface area (Å²) in [7, 11) is 0. The lowest BCUT2D eigenvalue weighted by Crippen LogP contribution is -2.20. The summed E-state index contributed by atoms with van der Waals surface area (Å²) in [6.45, 7) is -0.00762. The molecule has 0 bridgehead atoms. The average molecular weight is 498 g/mol. The van der Waals surface area contributed by atoms with Crippen LogP contribution in [0.2, 0.25) is 5.02 Å². The van der Waals surface area contributed by atoms with Gasteiger partial charge in [-0.05, 0) is 41.9 Å². The normalized spacial score (nSPS) is 12.2. The maximum atomic E-state index is 13.1. The summed E-state index contributed by atoms with van der Waals surface area (Å²) in [6, 6.07) is 8.82. The van der Waals surface area contributed by atoms with Crippen molar-refractivity contribution in [1.82, 2.24) is 14.8 Å². The Morgan fingerprint density at radius 1 is 1.39 bits per heavy atom. The van der Waals surface area contributed by atoms with Crippen molar-refractivity contribution in [1.29, 1.82) is 5.26 Å². The van der Waals surface area contributed by atoms with Gasteiger partial charge >= 0.3 is 6.18 Å². The second-order valence-electron chi connectivity index (χ2n) is 6.68. The van der Waals surface area contributed by atoms with Crippen LogP contribution in [-0.4, -0.2) is 44.3 Å². The predicted octanol–water partition coefficient (Wildman–Crippen LogP) is 4.03. The standard InChI is InChI=1S/C20H15ClF3N5O3S/c1-11-6-12(9-25)7-15(33(2)31)17(11)27-19(30)14-8-16(32-10-20(22,23)24)28-29(14)18-13(21)4-3-5-26-18/h3-8H,10H2,1-2H3,(H,27,30). The molecule has 13 heteroatoms. The molecule has 172 valence electrons. The van der Waals surface area contributed by atoms with Crippen molar-refractivity contribution >= 4 is 34.4 Å². The van der Waals surface area contributed by atoms with Crippen molar-refractivity contribution in [2.24, 2.45) is 0 Å². The molecule has 1 amide bonds. The molecule has 1 unspecified atom stereocenters. The van der Waals surface area contributed by atoms with Crippen LogP contribution in [-0.2, 0) is 11.2 Å². The van der Waals surface area contributed by atoms with Crippen LogP contribution in [0.3, 0.4) is 0 Å². The Morgan fingerprint density at radius 3 is 2.73 bits per heavy atom. The number of benzene rings is 1. The zero-order valence-electron chi connectivity index (χ0n) is 17.1. The van der Waals surface area contributed by atoms with E-state index < -0.39 is 35.7 Å². The molecule has 0 saturated carbocycles. The van der Waals surface area contributed by atoms with Crippen molar-refractivity contribution in [3.8, 4) is 17.8 Å². The third-order valence-corrected chi connectivity index (χ3v) is 5.46. The quantitative estimate of drug-likeness (QED) is 0.514. The number of amides is 1. The number of hydrogen-bond donors (Lipinski definition) is 1. The summed E-state index contributed by atoms with van der Waals surface area (Å²) in [4.78, 5) is 17.4. The number of hydrogen-bond acceptors (Lipinski definition) is 6. The fourth-order valence-corrected chi connectivity index (χ4v) is 3.82. The Balaban J connectivity index is 2.05. The maximum absolute atomic E-state index is 13.1. The average Bonchev–Trinajstić information content (AvgIpc) is 3.17. The van der Waals surface area contributed by atoms with Gasteiger partial charge in [0, 0.05) is 18.3 Å². The number of ether oxygens (including phenoxy) is 1. The van der Waals surface area contributed by atoms with Gasteiger partial charge in [-0.3, -0.25) is 4.79 Å². The third-order valence-electron chi connectivity index (χ3n) is 4.22. The summed E-state index contributed by atoms with van der Waals surface area (Å²) < 4.78 is 55.6. The third kappa shape index (κ3) is 5.75. The fraction of sp³-hybridized carbons (Fsp3) is 0.200. The first-order chi connectivity index (χ1) is 15.5. The summed E-state index contributed by atoms with van der Waals surface area (Å²) in [5.74, 6) is -1.29. The number of aromatic nitrogens is 3. The Bertz CT molecular complexity index is 1240. The minimum Gasteiger partial charge on any atom is -0.612 e. The van der Waals surface area contributed by atoms with E-state index in [1.165, 1.54) is 36.7 Å². The Labute approximate surface area is 194 Å². The first-order valence-corrected chi connectivity index (χ1v) is 11.0. The number of halogens is 4. The van der Waals surface area contributed by atoms with Crippen LogP contribution in [0.5, 0.6) is 5.88 Å². The van der Waals surface area contributed by atoms with Crippen molar-refractivity contribution in [3.63, 3.8) is 0 Å². The highest BCUT2D eigenvalue weighted by atomic mass is 35.5. The number of nitriles is 1. The van der Waals surface area contributed by atoms with Gasteiger partial charge in [0.15, 0.2) is 17.3 Å². The van der Waals surface area contributed by atoms with Crippen LogP contribution in [0.1, 0.15) is 21.6 Å². The molecule has 0 fully saturated rings. The van der Waals surface area contributed by atoms with Crippen LogP contribution in [0.25, 0.3) is 5.82 Å².